The maximum Gasteiger partial charge on any atom is 0.162 e. The van der Waals surface area contributed by atoms with E-state index in [1.165, 1.54) is 5.56 Å². The SMILES string of the molecule is CCCCC1OC(CC(C)c2ccccc2)OC(O)C1CCC. The van der Waals surface area contributed by atoms with Gasteiger partial charge in [-0.05, 0) is 24.3 Å². The molecule has 0 amide bonds. The van der Waals surface area contributed by atoms with Crippen molar-refractivity contribution in [2.45, 2.75) is 83.9 Å². The monoisotopic (exact) mass is 320 g/mol. The molecule has 1 aliphatic heterocycles. The molecule has 1 aromatic rings. The van der Waals surface area contributed by atoms with E-state index in [1.807, 2.05) is 6.07 Å². The minimum Gasteiger partial charge on any atom is -0.368 e. The van der Waals surface area contributed by atoms with Gasteiger partial charge in [-0.1, -0.05) is 70.4 Å². The summed E-state index contributed by atoms with van der Waals surface area (Å²) in [6.07, 6.45) is 5.19. The summed E-state index contributed by atoms with van der Waals surface area (Å²) < 4.78 is 12.0. The van der Waals surface area contributed by atoms with Crippen LogP contribution in [0.25, 0.3) is 0 Å². The van der Waals surface area contributed by atoms with Gasteiger partial charge in [0.1, 0.15) is 0 Å². The number of hydrogen-bond donors (Lipinski definition) is 1. The molecule has 2 rings (SSSR count). The van der Waals surface area contributed by atoms with E-state index in [-0.39, 0.29) is 18.3 Å². The number of benzene rings is 1. The average molecular weight is 320 g/mol. The summed E-state index contributed by atoms with van der Waals surface area (Å²) in [6.45, 7) is 6.53. The second-order valence-electron chi connectivity index (χ2n) is 6.77. The summed E-state index contributed by atoms with van der Waals surface area (Å²) in [5.41, 5.74) is 1.29. The van der Waals surface area contributed by atoms with E-state index >= 15 is 0 Å². The van der Waals surface area contributed by atoms with Gasteiger partial charge in [-0.25, -0.2) is 0 Å². The number of ether oxygens (including phenoxy) is 2. The highest BCUT2D eigenvalue weighted by atomic mass is 16.7. The summed E-state index contributed by atoms with van der Waals surface area (Å²) in [7, 11) is 0. The normalized spacial score (nSPS) is 29.4. The van der Waals surface area contributed by atoms with Gasteiger partial charge in [0.2, 0.25) is 0 Å². The van der Waals surface area contributed by atoms with Crippen molar-refractivity contribution >= 4 is 0 Å². The van der Waals surface area contributed by atoms with E-state index in [4.69, 9.17) is 9.47 Å². The molecule has 3 nitrogen and oxygen atoms in total. The standard InChI is InChI=1S/C20H32O3/c1-4-6-13-18-17(10-5-2)20(21)23-19(22-18)14-15(3)16-11-8-7-9-12-16/h7-9,11-12,15,17-21H,4-6,10,13-14H2,1-3H3. The van der Waals surface area contributed by atoms with Crippen molar-refractivity contribution in [2.75, 3.05) is 0 Å². The Balaban J connectivity index is 1.97. The van der Waals surface area contributed by atoms with Crippen molar-refractivity contribution < 1.29 is 14.6 Å². The topological polar surface area (TPSA) is 38.7 Å². The molecule has 1 aromatic carbocycles. The van der Waals surface area contributed by atoms with E-state index < -0.39 is 6.29 Å². The minimum atomic E-state index is -0.696. The zero-order chi connectivity index (χ0) is 16.7. The van der Waals surface area contributed by atoms with Gasteiger partial charge in [0, 0.05) is 12.3 Å². The zero-order valence-corrected chi connectivity index (χ0v) is 14.8. The predicted octanol–water partition coefficient (Wildman–Crippen LogP) is 4.85. The Labute approximate surface area is 141 Å². The first kappa shape index (κ1) is 18.4. The van der Waals surface area contributed by atoms with Crippen LogP contribution >= 0.6 is 0 Å². The van der Waals surface area contributed by atoms with E-state index in [0.717, 1.165) is 38.5 Å². The maximum atomic E-state index is 10.4. The highest BCUT2D eigenvalue weighted by Gasteiger charge is 2.38. The van der Waals surface area contributed by atoms with E-state index in [9.17, 15) is 5.11 Å². The molecule has 0 radical (unpaired) electrons. The van der Waals surface area contributed by atoms with Crippen molar-refractivity contribution in [3.8, 4) is 0 Å². The number of unbranched alkanes of at least 4 members (excludes halogenated alkanes) is 1. The first-order chi connectivity index (χ1) is 11.2. The zero-order valence-electron chi connectivity index (χ0n) is 14.8. The van der Waals surface area contributed by atoms with Crippen molar-refractivity contribution in [2.24, 2.45) is 5.92 Å². The lowest BCUT2D eigenvalue weighted by Crippen LogP contribution is -2.46. The number of hydrogen-bond acceptors (Lipinski definition) is 3. The Kier molecular flexibility index (Phi) is 7.54. The molecule has 1 saturated heterocycles. The second-order valence-corrected chi connectivity index (χ2v) is 6.77. The molecule has 0 saturated carbocycles. The van der Waals surface area contributed by atoms with Crippen molar-refractivity contribution in [3.63, 3.8) is 0 Å². The molecule has 3 heteroatoms. The van der Waals surface area contributed by atoms with Crippen LogP contribution < -0.4 is 0 Å². The molecular formula is C20H32O3. The van der Waals surface area contributed by atoms with Gasteiger partial charge in [-0.15, -0.1) is 0 Å². The van der Waals surface area contributed by atoms with E-state index in [2.05, 4.69) is 45.0 Å². The summed E-state index contributed by atoms with van der Waals surface area (Å²) in [6, 6.07) is 10.4. The number of aliphatic hydroxyl groups is 1. The summed E-state index contributed by atoms with van der Waals surface area (Å²) >= 11 is 0. The Morgan fingerprint density at radius 2 is 1.78 bits per heavy atom. The quantitative estimate of drug-likeness (QED) is 0.744. The molecule has 130 valence electrons. The third-order valence-corrected chi connectivity index (χ3v) is 4.84. The molecular weight excluding hydrogens is 288 g/mol. The fourth-order valence-corrected chi connectivity index (χ4v) is 3.43. The van der Waals surface area contributed by atoms with Crippen LogP contribution in [0.3, 0.4) is 0 Å². The third-order valence-electron chi connectivity index (χ3n) is 4.84. The van der Waals surface area contributed by atoms with Crippen molar-refractivity contribution in [3.05, 3.63) is 35.9 Å². The number of aliphatic hydroxyl groups excluding tert-OH is 1. The van der Waals surface area contributed by atoms with Gasteiger partial charge in [0.05, 0.1) is 6.10 Å². The Hall–Kier alpha value is -0.900. The molecule has 0 aromatic heterocycles. The molecule has 0 spiro atoms. The predicted molar refractivity (Wildman–Crippen MR) is 93.1 cm³/mol. The van der Waals surface area contributed by atoms with Crippen LogP contribution in [0.4, 0.5) is 0 Å². The molecule has 1 aliphatic rings. The molecule has 23 heavy (non-hydrogen) atoms. The van der Waals surface area contributed by atoms with Crippen LogP contribution in [-0.4, -0.2) is 23.8 Å². The lowest BCUT2D eigenvalue weighted by molar-refractivity contribution is -0.324. The molecule has 5 unspecified atom stereocenters. The molecule has 1 heterocycles. The summed E-state index contributed by atoms with van der Waals surface area (Å²) in [5.74, 6) is 0.456. The first-order valence-electron chi connectivity index (χ1n) is 9.19. The van der Waals surface area contributed by atoms with Gasteiger partial charge >= 0.3 is 0 Å². The molecule has 5 atom stereocenters. The lowest BCUT2D eigenvalue weighted by Gasteiger charge is -2.40. The Morgan fingerprint density at radius 3 is 2.43 bits per heavy atom. The smallest absolute Gasteiger partial charge is 0.162 e. The Morgan fingerprint density at radius 1 is 1.04 bits per heavy atom. The van der Waals surface area contributed by atoms with Crippen molar-refractivity contribution in [1.82, 2.24) is 0 Å². The molecule has 1 fully saturated rings. The largest absolute Gasteiger partial charge is 0.368 e. The fraction of sp³-hybridized carbons (Fsp3) is 0.700. The number of rotatable bonds is 8. The van der Waals surface area contributed by atoms with Crippen molar-refractivity contribution in [1.29, 1.82) is 0 Å². The first-order valence-corrected chi connectivity index (χ1v) is 9.19. The van der Waals surface area contributed by atoms with Gasteiger partial charge in [0.15, 0.2) is 12.6 Å². The van der Waals surface area contributed by atoms with Gasteiger partial charge in [-0.3, -0.25) is 0 Å². The highest BCUT2D eigenvalue weighted by molar-refractivity contribution is 5.18. The summed E-state index contributed by atoms with van der Waals surface area (Å²) in [5, 5.41) is 10.4. The molecule has 1 N–H and O–H groups in total. The van der Waals surface area contributed by atoms with Gasteiger partial charge in [-0.2, -0.15) is 0 Å². The van der Waals surface area contributed by atoms with Crippen LogP contribution in [-0.2, 0) is 9.47 Å². The maximum absolute atomic E-state index is 10.4. The van der Waals surface area contributed by atoms with Crippen LogP contribution in [0.15, 0.2) is 30.3 Å². The van der Waals surface area contributed by atoms with E-state index in [0.29, 0.717) is 5.92 Å². The minimum absolute atomic E-state index is 0.106. The van der Waals surface area contributed by atoms with Crippen LogP contribution in [0.2, 0.25) is 0 Å². The van der Waals surface area contributed by atoms with Gasteiger partial charge in [0.25, 0.3) is 0 Å². The lowest BCUT2D eigenvalue weighted by atomic mass is 9.91. The highest BCUT2D eigenvalue weighted by Crippen LogP contribution is 2.34. The van der Waals surface area contributed by atoms with Gasteiger partial charge < -0.3 is 14.6 Å². The molecule has 0 aliphatic carbocycles. The third kappa shape index (κ3) is 5.30. The van der Waals surface area contributed by atoms with Crippen LogP contribution in [0.5, 0.6) is 0 Å². The fourth-order valence-electron chi connectivity index (χ4n) is 3.43. The van der Waals surface area contributed by atoms with Crippen LogP contribution in [0.1, 0.15) is 70.8 Å². The van der Waals surface area contributed by atoms with E-state index in [1.54, 1.807) is 0 Å². The summed E-state index contributed by atoms with van der Waals surface area (Å²) in [4.78, 5) is 0. The Bertz CT molecular complexity index is 434. The average Bonchev–Trinajstić information content (AvgIpc) is 2.56. The second kappa shape index (κ2) is 9.41. The molecule has 0 bridgehead atoms. The van der Waals surface area contributed by atoms with Crippen LogP contribution in [0, 0.1) is 5.92 Å².